The van der Waals surface area contributed by atoms with Crippen molar-refractivity contribution in [1.29, 1.82) is 0 Å². The summed E-state index contributed by atoms with van der Waals surface area (Å²) >= 11 is 6.99. The third-order valence-corrected chi connectivity index (χ3v) is 6.81. The number of fused-ring (bicyclic) bond motifs is 1. The lowest BCUT2D eigenvalue weighted by atomic mass is 10.2. The molecule has 0 bridgehead atoms. The molecule has 2 aliphatic rings. The van der Waals surface area contributed by atoms with Crippen LogP contribution in [-0.4, -0.2) is 76.1 Å². The molecule has 2 aromatic heterocycles. The Labute approximate surface area is 232 Å². The summed E-state index contributed by atoms with van der Waals surface area (Å²) in [6, 6.07) is 1.61. The number of carbonyl (C=O) groups is 4. The van der Waals surface area contributed by atoms with Crippen LogP contribution in [0.2, 0.25) is 5.02 Å². The molecule has 0 saturated heterocycles. The molecule has 0 aliphatic carbocycles. The van der Waals surface area contributed by atoms with E-state index in [1.165, 1.54) is 48.0 Å². The van der Waals surface area contributed by atoms with E-state index in [1.807, 2.05) is 7.05 Å². The summed E-state index contributed by atoms with van der Waals surface area (Å²) in [7, 11) is 1.97. The van der Waals surface area contributed by atoms with Crippen molar-refractivity contribution in [2.75, 3.05) is 32.0 Å². The lowest BCUT2D eigenvalue weighted by molar-refractivity contribution is -0.136. The maximum Gasteiger partial charge on any atom is 0.314 e. The van der Waals surface area contributed by atoms with Crippen LogP contribution in [0.4, 0.5) is 10.2 Å². The minimum atomic E-state index is -1.29. The second-order valence-corrected chi connectivity index (χ2v) is 9.87. The fourth-order valence-electron chi connectivity index (χ4n) is 3.61. The smallest absolute Gasteiger partial charge is 0.314 e. The van der Waals surface area contributed by atoms with Crippen LogP contribution in [0.1, 0.15) is 20.4 Å². The minimum absolute atomic E-state index is 0. The number of pyridine rings is 1. The molecule has 2 aliphatic heterocycles. The summed E-state index contributed by atoms with van der Waals surface area (Å²) in [5, 5.41) is 7.74. The van der Waals surface area contributed by atoms with E-state index in [-0.39, 0.29) is 29.8 Å². The average Bonchev–Trinajstić information content (AvgIpc) is 3.30. The van der Waals surface area contributed by atoms with Crippen LogP contribution in [0.15, 0.2) is 42.5 Å². The summed E-state index contributed by atoms with van der Waals surface area (Å²) in [4.78, 5) is 63.2. The first-order chi connectivity index (χ1) is 17.7. The highest BCUT2D eigenvalue weighted by molar-refractivity contribution is 7.13. The zero-order valence-electron chi connectivity index (χ0n) is 20.1. The average molecular weight is 584 g/mol. The number of aromatic nitrogens is 2. The van der Waals surface area contributed by atoms with Gasteiger partial charge in [0, 0.05) is 43.3 Å². The Balaban J connectivity index is 0.00000400. The summed E-state index contributed by atoms with van der Waals surface area (Å²) in [6.07, 6.45) is 5.93. The van der Waals surface area contributed by atoms with Gasteiger partial charge in [-0.25, -0.2) is 14.4 Å². The van der Waals surface area contributed by atoms with Gasteiger partial charge in [0.25, 0.3) is 11.8 Å². The van der Waals surface area contributed by atoms with Crippen molar-refractivity contribution in [3.63, 3.8) is 0 Å². The van der Waals surface area contributed by atoms with Gasteiger partial charge in [0.15, 0.2) is 5.01 Å². The summed E-state index contributed by atoms with van der Waals surface area (Å²) in [5.41, 5.74) is 0.836. The topological polar surface area (TPSA) is 137 Å². The fourth-order valence-corrected chi connectivity index (χ4v) is 4.81. The predicted octanol–water partition coefficient (Wildman–Crippen LogP) is 1.66. The van der Waals surface area contributed by atoms with Gasteiger partial charge in [-0.2, -0.15) is 0 Å². The molecule has 11 nitrogen and oxygen atoms in total. The van der Waals surface area contributed by atoms with Crippen LogP contribution in [0.5, 0.6) is 0 Å². The van der Waals surface area contributed by atoms with Crippen LogP contribution in [0, 0.1) is 0 Å². The second-order valence-electron chi connectivity index (χ2n) is 8.35. The summed E-state index contributed by atoms with van der Waals surface area (Å²) in [5.74, 6) is -3.82. The number of hydrogen-bond donors (Lipinski definition) is 3. The van der Waals surface area contributed by atoms with Gasteiger partial charge in [-0.15, -0.1) is 23.7 Å². The van der Waals surface area contributed by atoms with Crippen molar-refractivity contribution in [2.24, 2.45) is 0 Å². The molecule has 0 fully saturated rings. The van der Waals surface area contributed by atoms with Crippen LogP contribution < -0.4 is 16.0 Å². The third-order valence-electron chi connectivity index (χ3n) is 5.51. The zero-order valence-corrected chi connectivity index (χ0v) is 22.5. The van der Waals surface area contributed by atoms with E-state index < -0.39 is 42.0 Å². The quantitative estimate of drug-likeness (QED) is 0.440. The van der Waals surface area contributed by atoms with Gasteiger partial charge >= 0.3 is 11.8 Å². The van der Waals surface area contributed by atoms with Gasteiger partial charge in [0.2, 0.25) is 0 Å². The van der Waals surface area contributed by atoms with E-state index in [4.69, 9.17) is 11.6 Å². The molecular weight excluding hydrogens is 560 g/mol. The van der Waals surface area contributed by atoms with E-state index in [9.17, 15) is 23.6 Å². The predicted molar refractivity (Wildman–Crippen MR) is 142 cm³/mol. The van der Waals surface area contributed by atoms with Crippen molar-refractivity contribution < 1.29 is 23.6 Å². The second kappa shape index (κ2) is 12.9. The first-order valence-electron chi connectivity index (χ1n) is 11.2. The first kappa shape index (κ1) is 29.2. The van der Waals surface area contributed by atoms with Crippen molar-refractivity contribution in [3.05, 3.63) is 63.1 Å². The number of allylic oxidation sites excluding steroid dienone is 2. The minimum Gasteiger partial charge on any atom is -0.345 e. The standard InChI is InChI=1S/C23H23ClFN7O4S.ClH/c1-31-8-6-15-17(12-31)37-22(29-15)21(35)28-16(23(36)32-7-2-3-14(25)11-32)10-27-19(33)20(34)30-18-5-4-13(24)9-26-18;/h2-5,7,9,16H,6,8,10-12H2,1H3,(H,27,33)(H,28,35)(H,26,30,34);1H. The Morgan fingerprint density at radius 2 is 2.00 bits per heavy atom. The van der Waals surface area contributed by atoms with Crippen molar-refractivity contribution >= 4 is 64.8 Å². The number of anilines is 1. The van der Waals surface area contributed by atoms with Gasteiger partial charge < -0.3 is 25.8 Å². The highest BCUT2D eigenvalue weighted by atomic mass is 35.5. The molecule has 2 aromatic rings. The largest absolute Gasteiger partial charge is 0.345 e. The Morgan fingerprint density at radius 1 is 1.21 bits per heavy atom. The van der Waals surface area contributed by atoms with Crippen molar-refractivity contribution in [3.8, 4) is 0 Å². The Kier molecular flexibility index (Phi) is 9.91. The summed E-state index contributed by atoms with van der Waals surface area (Å²) in [6.45, 7) is 0.740. The van der Waals surface area contributed by atoms with Gasteiger partial charge in [-0.1, -0.05) is 11.6 Å². The highest BCUT2D eigenvalue weighted by Crippen LogP contribution is 2.24. The van der Waals surface area contributed by atoms with E-state index in [2.05, 4.69) is 30.8 Å². The number of rotatable bonds is 6. The molecule has 3 N–H and O–H groups in total. The number of amides is 4. The third kappa shape index (κ3) is 7.34. The van der Waals surface area contributed by atoms with Crippen molar-refractivity contribution in [1.82, 2.24) is 30.4 Å². The van der Waals surface area contributed by atoms with E-state index >= 15 is 0 Å². The molecule has 0 aromatic carbocycles. The maximum atomic E-state index is 13.8. The number of thiazole rings is 1. The molecule has 4 heterocycles. The number of halogens is 3. The molecule has 1 unspecified atom stereocenters. The molecular formula is C23H24Cl2FN7O4S. The molecule has 0 radical (unpaired) electrons. The molecule has 0 saturated carbocycles. The molecule has 0 spiro atoms. The number of nitrogens with zero attached hydrogens (tertiary/aromatic N) is 4. The molecule has 4 rings (SSSR count). The number of nitrogens with one attached hydrogen (secondary N) is 3. The molecule has 1 atom stereocenters. The Morgan fingerprint density at radius 3 is 2.71 bits per heavy atom. The van der Waals surface area contributed by atoms with E-state index in [1.54, 1.807) is 0 Å². The van der Waals surface area contributed by atoms with Gasteiger partial charge in [0.05, 0.1) is 17.3 Å². The lowest BCUT2D eigenvalue weighted by Crippen LogP contribution is -2.54. The van der Waals surface area contributed by atoms with Gasteiger partial charge in [-0.05, 0) is 31.3 Å². The molecule has 15 heteroatoms. The molecule has 38 heavy (non-hydrogen) atoms. The van der Waals surface area contributed by atoms with E-state index in [0.717, 1.165) is 22.0 Å². The zero-order chi connectivity index (χ0) is 26.5. The highest BCUT2D eigenvalue weighted by Gasteiger charge is 2.30. The SMILES string of the molecule is CN1CCc2nc(C(=O)NC(CNC(=O)C(=O)Nc3ccc(Cl)cn3)C(=O)N3C=CC=C(F)C3)sc2C1.Cl. The number of carbonyl (C=O) groups excluding carboxylic acids is 4. The molecule has 202 valence electrons. The van der Waals surface area contributed by atoms with Crippen molar-refractivity contribution in [2.45, 2.75) is 19.0 Å². The number of hydrogen-bond acceptors (Lipinski definition) is 8. The molecule has 4 amide bonds. The van der Waals surface area contributed by atoms with Crippen LogP contribution >= 0.6 is 35.3 Å². The summed E-state index contributed by atoms with van der Waals surface area (Å²) < 4.78 is 13.8. The van der Waals surface area contributed by atoms with Gasteiger partial charge in [-0.3, -0.25) is 19.2 Å². The van der Waals surface area contributed by atoms with E-state index in [0.29, 0.717) is 18.0 Å². The first-order valence-corrected chi connectivity index (χ1v) is 12.4. The van der Waals surface area contributed by atoms with Crippen LogP contribution in [-0.2, 0) is 27.3 Å². The fraction of sp³-hybridized carbons (Fsp3) is 0.304. The monoisotopic (exact) mass is 583 g/mol. The van der Waals surface area contributed by atoms with Crippen LogP contribution in [0.3, 0.4) is 0 Å². The number of likely N-dealkylation sites (N-methyl/N-ethyl adjacent to an activating group) is 1. The lowest BCUT2D eigenvalue weighted by Gasteiger charge is -2.26. The Hall–Kier alpha value is -3.39. The maximum absolute atomic E-state index is 13.8. The van der Waals surface area contributed by atoms with Gasteiger partial charge in [0.1, 0.15) is 17.7 Å². The van der Waals surface area contributed by atoms with Crippen LogP contribution in [0.25, 0.3) is 0 Å². The Bertz CT molecular complexity index is 1290. The normalized spacial score (nSPS) is 15.4.